The summed E-state index contributed by atoms with van der Waals surface area (Å²) < 4.78 is 0. The molecule has 2 atom stereocenters. The summed E-state index contributed by atoms with van der Waals surface area (Å²) in [6.45, 7) is 2.30. The number of nitrogens with one attached hydrogen (secondary N) is 2. The molecule has 0 fully saturated rings. The van der Waals surface area contributed by atoms with E-state index in [1.54, 1.807) is 0 Å². The van der Waals surface area contributed by atoms with Crippen LogP contribution in [0.4, 0.5) is 0 Å². The number of amides is 2. The number of rotatable bonds is 6. The van der Waals surface area contributed by atoms with Crippen LogP contribution < -0.4 is 221 Å². The Morgan fingerprint density at radius 1 is 0.286 bits per heavy atom. The van der Waals surface area contributed by atoms with Crippen LogP contribution in [0, 0.1) is 0 Å². The van der Waals surface area contributed by atoms with Crippen molar-refractivity contribution in [1.29, 1.82) is 0 Å². The predicted octanol–water partition coefficient (Wildman–Crippen LogP) is -47.2. The minimum absolute atomic E-state index is 0. The largest absolute Gasteiger partial charge is 1.00 e. The van der Waals surface area contributed by atoms with E-state index in [2.05, 4.69) is 10.6 Å². The topological polar surface area (TPSA) is 969 Å². The van der Waals surface area contributed by atoms with E-state index in [1.165, 1.54) is 13.8 Å². The molecule has 0 radical (unpaired) electrons. The van der Waals surface area contributed by atoms with E-state index in [1.807, 2.05) is 0 Å². The number of hydrogen-bond acceptors (Lipinski definition) is 42. The van der Waals surface area contributed by atoms with Gasteiger partial charge in [-0.15, -0.1) is 240 Å². The molecular formula is C10H32B12I10N2NaO42-35. The van der Waals surface area contributed by atoms with Gasteiger partial charge in [-0.1, -0.05) is 0 Å². The molecule has 0 aliphatic carbocycles. The summed E-state index contributed by atoms with van der Waals surface area (Å²) in [5.41, 5.74) is 0. The summed E-state index contributed by atoms with van der Waals surface area (Å²) >= 11 is 0. The molecule has 0 aromatic heterocycles. The van der Waals surface area contributed by atoms with Crippen LogP contribution in [0.2, 0.25) is 0 Å². The first-order valence-corrected chi connectivity index (χ1v) is 13.9. The van der Waals surface area contributed by atoms with Crippen molar-refractivity contribution in [1.82, 2.24) is 10.6 Å². The molecule has 2 amide bonds. The fourth-order valence-corrected chi connectivity index (χ4v) is 0.652. The SMILES string of the molecule is CC(=O)NCC(O)CO.CC(=O)NCC(O)CO.I.I.I.I.I.I.I.I.I.I.[Na+].[O-]B([O-])[O-].[O-]B([O-])[O-].[O-]B([O-])[O-].[O-]B([O-])[O-].[O-]B([O-])[O-].[O-]B([O-])[O-].[O-]B([O-])[O-].[O-]B([O-])[O-].[O-]B([O-])[O-].[O-]B([O-])[O-].[O-]B([O-])[O-].[O-]B([O-])[O-]. The zero-order valence-corrected chi connectivity index (χ0v) is 62.6. The molecule has 0 heterocycles. The Balaban J connectivity index is -0.0000000165. The summed E-state index contributed by atoms with van der Waals surface area (Å²) in [6, 6.07) is 0. The molecule has 0 spiro atoms. The van der Waals surface area contributed by atoms with Crippen LogP contribution in [-0.2, 0) is 9.59 Å². The normalized spacial score (nSPS) is 7.19. The molecule has 0 bridgehead atoms. The van der Waals surface area contributed by atoms with Gasteiger partial charge in [0.1, 0.15) is 0 Å². The third kappa shape index (κ3) is 1280. The van der Waals surface area contributed by atoms with E-state index in [0.717, 1.165) is 0 Å². The fourth-order valence-electron chi connectivity index (χ4n) is 0.652. The van der Waals surface area contributed by atoms with Crippen molar-refractivity contribution in [2.45, 2.75) is 26.1 Å². The first kappa shape index (κ1) is 166. The predicted molar refractivity (Wildman–Crippen MR) is 287 cm³/mol. The third-order valence-electron chi connectivity index (χ3n) is 1.59. The van der Waals surface area contributed by atoms with Crippen LogP contribution in [0.3, 0.4) is 0 Å². The van der Waals surface area contributed by atoms with E-state index >= 15 is 0 Å². The summed E-state index contributed by atoms with van der Waals surface area (Å²) in [5, 5.41) is 341. The van der Waals surface area contributed by atoms with Crippen LogP contribution >= 0.6 is 240 Å². The smallest absolute Gasteiger partial charge is 0.907 e. The standard InChI is InChI=1S/2C5H11NO3.12BO3.10HI.Na/c2*1-4(8)6-2-5(9)3-7;12*2-1(3)4;;;;;;;;;;;/h2*5,7,9H,2-3H2,1H3,(H,6,8);;;;;;;;;;;;;10*1H;/q;;12*-3;;;;;;;;;;;+1. The van der Waals surface area contributed by atoms with E-state index in [-0.39, 0.29) is 307 Å². The van der Waals surface area contributed by atoms with Crippen molar-refractivity contribution in [2.24, 2.45) is 0 Å². The van der Waals surface area contributed by atoms with Crippen molar-refractivity contribution in [3.05, 3.63) is 0 Å². The van der Waals surface area contributed by atoms with Gasteiger partial charge >= 0.3 is 29.6 Å². The van der Waals surface area contributed by atoms with Crippen molar-refractivity contribution in [2.75, 3.05) is 26.3 Å². The maximum Gasteiger partial charge on any atom is 1.00 e. The van der Waals surface area contributed by atoms with Crippen LogP contribution in [0.5, 0.6) is 0 Å². The second-order valence-electron chi connectivity index (χ2n) is 7.01. The van der Waals surface area contributed by atoms with E-state index < -0.39 is 100 Å². The molecule has 77 heavy (non-hydrogen) atoms. The summed E-state index contributed by atoms with van der Waals surface area (Å²) in [7, 11) is -35.0. The maximum atomic E-state index is 10.2. The first-order valence-electron chi connectivity index (χ1n) is 13.9. The molecule has 44 nitrogen and oxygen atoms in total. The van der Waals surface area contributed by atoms with E-state index in [4.69, 9.17) is 201 Å². The molecule has 0 aliphatic heterocycles. The molecule has 0 saturated heterocycles. The Morgan fingerprint density at radius 2 is 0.351 bits per heavy atom. The van der Waals surface area contributed by atoms with Crippen molar-refractivity contribution in [3.63, 3.8) is 0 Å². The molecule has 2 unspecified atom stereocenters. The average molecular weight is 2270 g/mol. The van der Waals surface area contributed by atoms with Gasteiger partial charge in [-0.2, -0.15) is 0 Å². The Morgan fingerprint density at radius 3 is 0.390 bits per heavy atom. The Bertz CT molecular complexity index is 635. The van der Waals surface area contributed by atoms with E-state index in [9.17, 15) is 9.59 Å². The molecule has 0 rings (SSSR count). The minimum Gasteiger partial charge on any atom is -0.907 e. The molecular weight excluding hydrogens is 2240 g/mol. The monoisotopic (exact) mass is 2280 g/mol. The quantitative estimate of drug-likeness (QED) is 0.106. The molecule has 0 aromatic carbocycles. The zero-order valence-electron chi connectivity index (χ0n) is 37.3. The summed E-state index contributed by atoms with van der Waals surface area (Å²) in [4.78, 5) is 20.3. The number of carbonyl (C=O) groups is 2. The minimum atomic E-state index is -2.92. The fraction of sp³-hybridized carbons (Fsp3) is 0.800. The molecule has 476 valence electrons. The Labute approximate surface area is 633 Å². The van der Waals surface area contributed by atoms with Crippen LogP contribution in [-0.4, -0.2) is 159 Å². The average Bonchev–Trinajstić information content (AvgIpc) is 2.99. The molecule has 0 saturated carbocycles. The Hall–Kier alpha value is 6.42. The summed E-state index contributed by atoms with van der Waals surface area (Å²) in [6.07, 6.45) is -1.68. The molecule has 67 heteroatoms. The van der Waals surface area contributed by atoms with Crippen LogP contribution in [0.25, 0.3) is 0 Å². The molecule has 0 aromatic rings. The van der Waals surface area contributed by atoms with Gasteiger partial charge < -0.3 is 212 Å². The first-order chi connectivity index (χ1) is 29.1. The number of hydrogen-bond donors (Lipinski definition) is 6. The number of carbonyl (C=O) groups excluding carboxylic acids is 2. The van der Waals surface area contributed by atoms with Crippen molar-refractivity contribution >= 4 is 339 Å². The van der Waals surface area contributed by atoms with Gasteiger partial charge in [0, 0.05) is 26.9 Å². The number of halogens is 10. The second kappa shape index (κ2) is 150. The van der Waals surface area contributed by atoms with Gasteiger partial charge in [0.2, 0.25) is 11.8 Å². The third-order valence-corrected chi connectivity index (χ3v) is 1.59. The van der Waals surface area contributed by atoms with Gasteiger partial charge in [0.05, 0.1) is 25.4 Å². The van der Waals surface area contributed by atoms with Crippen molar-refractivity contribution in [3.8, 4) is 0 Å². The Kier molecular flexibility index (Phi) is 323. The second-order valence-corrected chi connectivity index (χ2v) is 7.01. The van der Waals surface area contributed by atoms with Gasteiger partial charge in [0.25, 0.3) is 0 Å². The van der Waals surface area contributed by atoms with Gasteiger partial charge in [-0.25, -0.2) is 0 Å². The van der Waals surface area contributed by atoms with Crippen LogP contribution in [0.1, 0.15) is 13.8 Å². The van der Waals surface area contributed by atoms with Gasteiger partial charge in [-0.05, 0) is 0 Å². The van der Waals surface area contributed by atoms with Gasteiger partial charge in [-0.3, -0.25) is 97.4 Å². The maximum absolute atomic E-state index is 10.2. The van der Waals surface area contributed by atoms with Gasteiger partial charge in [0.15, 0.2) is 0 Å². The molecule has 6 N–H and O–H groups in total. The summed E-state index contributed by atoms with van der Waals surface area (Å²) in [5.74, 6) is -0.412. The van der Waals surface area contributed by atoms with Crippen molar-refractivity contribution < 1.29 is 240 Å². The van der Waals surface area contributed by atoms with Crippen LogP contribution in [0.15, 0.2) is 0 Å². The van der Waals surface area contributed by atoms with E-state index in [0.29, 0.717) is 0 Å². The number of aliphatic hydroxyl groups is 4. The zero-order chi connectivity index (χ0) is 57.5. The number of aliphatic hydroxyl groups excluding tert-OH is 4. The molecule has 0 aliphatic rings.